The maximum Gasteiger partial charge on any atom is 0.123 e. The van der Waals surface area contributed by atoms with E-state index in [2.05, 4.69) is 39.0 Å². The van der Waals surface area contributed by atoms with Crippen molar-refractivity contribution in [2.45, 2.75) is 12.5 Å². The number of rotatable bonds is 8. The Morgan fingerprint density at radius 2 is 1.59 bits per heavy atom. The Morgan fingerprint density at radius 1 is 0.882 bits per heavy atom. The fourth-order valence-corrected chi connectivity index (χ4v) is 4.52. The van der Waals surface area contributed by atoms with Crippen LogP contribution in [-0.4, -0.2) is 60.4 Å². The Labute approximate surface area is 199 Å². The summed E-state index contributed by atoms with van der Waals surface area (Å²) in [6, 6.07) is 23.2. The van der Waals surface area contributed by atoms with Crippen molar-refractivity contribution in [3.8, 4) is 5.75 Å². The molecule has 4 aromatic rings. The number of nitrogens with one attached hydrogen (secondary N) is 1. The predicted molar refractivity (Wildman–Crippen MR) is 134 cm³/mol. The topological polar surface area (TPSA) is 51.7 Å². The second-order valence-electron chi connectivity index (χ2n) is 8.95. The van der Waals surface area contributed by atoms with E-state index in [9.17, 15) is 9.50 Å². The highest BCUT2D eigenvalue weighted by atomic mass is 19.1. The van der Waals surface area contributed by atoms with Crippen LogP contribution in [0.25, 0.3) is 10.9 Å². The summed E-state index contributed by atoms with van der Waals surface area (Å²) in [5.41, 5.74) is 4.61. The van der Waals surface area contributed by atoms with Gasteiger partial charge in [-0.3, -0.25) is 4.90 Å². The zero-order valence-electron chi connectivity index (χ0n) is 19.2. The summed E-state index contributed by atoms with van der Waals surface area (Å²) in [4.78, 5) is 7.84. The van der Waals surface area contributed by atoms with E-state index in [1.807, 2.05) is 42.6 Å². The first-order valence-corrected chi connectivity index (χ1v) is 11.8. The smallest absolute Gasteiger partial charge is 0.123 e. The van der Waals surface area contributed by atoms with Gasteiger partial charge in [-0.15, -0.1) is 0 Å². The molecular weight excluding hydrogens is 429 g/mol. The van der Waals surface area contributed by atoms with E-state index >= 15 is 0 Å². The third-order valence-electron chi connectivity index (χ3n) is 6.43. The number of aromatic nitrogens is 1. The number of aliphatic hydroxyl groups is 1. The van der Waals surface area contributed by atoms with Gasteiger partial charge in [0.25, 0.3) is 0 Å². The number of piperazine rings is 1. The van der Waals surface area contributed by atoms with Crippen molar-refractivity contribution in [2.75, 3.05) is 44.2 Å². The summed E-state index contributed by atoms with van der Waals surface area (Å²) in [6.45, 7) is 4.56. The number of H-pyrrole nitrogens is 1. The first-order chi connectivity index (χ1) is 16.6. The van der Waals surface area contributed by atoms with Gasteiger partial charge in [-0.05, 0) is 66.1 Å². The van der Waals surface area contributed by atoms with E-state index in [0.717, 1.165) is 54.8 Å². The number of hydrogen-bond donors (Lipinski definition) is 2. The van der Waals surface area contributed by atoms with Gasteiger partial charge in [-0.25, -0.2) is 4.39 Å². The normalized spacial score (nSPS) is 15.5. The van der Waals surface area contributed by atoms with Crippen LogP contribution < -0.4 is 9.64 Å². The second kappa shape index (κ2) is 10.3. The van der Waals surface area contributed by atoms with Crippen LogP contribution in [0.1, 0.15) is 11.1 Å². The van der Waals surface area contributed by atoms with Gasteiger partial charge in [0.05, 0.1) is 0 Å². The van der Waals surface area contributed by atoms with Gasteiger partial charge in [0.1, 0.15) is 24.3 Å². The maximum absolute atomic E-state index is 13.1. The predicted octanol–water partition coefficient (Wildman–Crippen LogP) is 4.46. The lowest BCUT2D eigenvalue weighted by molar-refractivity contribution is 0.0663. The largest absolute Gasteiger partial charge is 0.491 e. The van der Waals surface area contributed by atoms with Crippen molar-refractivity contribution in [1.82, 2.24) is 9.88 Å². The molecule has 5 rings (SSSR count). The number of fused-ring (bicyclic) bond motifs is 1. The van der Waals surface area contributed by atoms with Gasteiger partial charge in [-0.2, -0.15) is 0 Å². The molecule has 176 valence electrons. The molecule has 0 saturated carbocycles. The lowest BCUT2D eigenvalue weighted by atomic mass is 10.0. The van der Waals surface area contributed by atoms with Gasteiger partial charge in [0, 0.05) is 55.5 Å². The molecule has 0 aliphatic carbocycles. The van der Waals surface area contributed by atoms with Gasteiger partial charge in [0.15, 0.2) is 0 Å². The first-order valence-electron chi connectivity index (χ1n) is 11.8. The van der Waals surface area contributed by atoms with Crippen LogP contribution in [0.5, 0.6) is 5.75 Å². The summed E-state index contributed by atoms with van der Waals surface area (Å²) in [5.74, 6) is 0.576. The summed E-state index contributed by atoms with van der Waals surface area (Å²) in [6.07, 6.45) is 2.18. The number of hydrogen-bond acceptors (Lipinski definition) is 4. The quantitative estimate of drug-likeness (QED) is 0.409. The maximum atomic E-state index is 13.1. The molecule has 2 heterocycles. The van der Waals surface area contributed by atoms with Crippen molar-refractivity contribution in [1.29, 1.82) is 0 Å². The van der Waals surface area contributed by atoms with Crippen LogP contribution >= 0.6 is 0 Å². The number of nitrogens with zero attached hydrogens (tertiary/aromatic N) is 2. The minimum Gasteiger partial charge on any atom is -0.491 e. The average Bonchev–Trinajstić information content (AvgIpc) is 3.33. The molecule has 5 nitrogen and oxygen atoms in total. The molecule has 0 amide bonds. The molecule has 0 spiro atoms. The molecule has 1 unspecified atom stereocenters. The number of β-amino-alcohol motifs (C(OH)–C–C–N with tert-alkyl or cyclic N) is 1. The summed E-state index contributed by atoms with van der Waals surface area (Å²) in [5, 5.41) is 11.6. The molecular formula is C28H30FN3O2. The lowest BCUT2D eigenvalue weighted by Gasteiger charge is -2.37. The Hall–Kier alpha value is -3.35. The van der Waals surface area contributed by atoms with Crippen molar-refractivity contribution >= 4 is 16.6 Å². The van der Waals surface area contributed by atoms with E-state index in [-0.39, 0.29) is 12.4 Å². The van der Waals surface area contributed by atoms with E-state index in [1.165, 1.54) is 23.4 Å². The van der Waals surface area contributed by atoms with Crippen LogP contribution in [0.2, 0.25) is 0 Å². The zero-order valence-corrected chi connectivity index (χ0v) is 19.2. The SMILES string of the molecule is OC(COc1ccc2[nH]ccc2c1)CN1CCN(c2ccc(Cc3ccc(F)cc3)cc2)CC1. The second-order valence-corrected chi connectivity index (χ2v) is 8.95. The highest BCUT2D eigenvalue weighted by Crippen LogP contribution is 2.21. The number of halogens is 1. The third kappa shape index (κ3) is 5.58. The van der Waals surface area contributed by atoms with Crippen molar-refractivity contribution in [3.05, 3.63) is 95.9 Å². The summed E-state index contributed by atoms with van der Waals surface area (Å²) in [7, 11) is 0. The van der Waals surface area contributed by atoms with E-state index in [0.29, 0.717) is 6.54 Å². The number of benzene rings is 3. The molecule has 1 aliphatic rings. The Morgan fingerprint density at radius 3 is 2.32 bits per heavy atom. The van der Waals surface area contributed by atoms with Crippen LogP contribution in [0.4, 0.5) is 10.1 Å². The fraction of sp³-hybridized carbons (Fsp3) is 0.286. The molecule has 0 radical (unpaired) electrons. The molecule has 6 heteroatoms. The first kappa shape index (κ1) is 22.4. The summed E-state index contributed by atoms with van der Waals surface area (Å²) >= 11 is 0. The van der Waals surface area contributed by atoms with E-state index in [1.54, 1.807) is 0 Å². The number of aliphatic hydroxyl groups excluding tert-OH is 1. The van der Waals surface area contributed by atoms with Gasteiger partial charge >= 0.3 is 0 Å². The number of anilines is 1. The van der Waals surface area contributed by atoms with Gasteiger partial charge < -0.3 is 19.7 Å². The molecule has 1 aliphatic heterocycles. The van der Waals surface area contributed by atoms with Crippen LogP contribution in [-0.2, 0) is 6.42 Å². The number of aromatic amines is 1. The van der Waals surface area contributed by atoms with Gasteiger partial charge in [-0.1, -0.05) is 24.3 Å². The minimum atomic E-state index is -0.529. The van der Waals surface area contributed by atoms with E-state index in [4.69, 9.17) is 4.74 Å². The summed E-state index contributed by atoms with van der Waals surface area (Å²) < 4.78 is 18.9. The monoisotopic (exact) mass is 459 g/mol. The minimum absolute atomic E-state index is 0.201. The Kier molecular flexibility index (Phi) is 6.79. The highest BCUT2D eigenvalue weighted by molar-refractivity contribution is 5.80. The highest BCUT2D eigenvalue weighted by Gasteiger charge is 2.20. The van der Waals surface area contributed by atoms with Crippen molar-refractivity contribution < 1.29 is 14.2 Å². The fourth-order valence-electron chi connectivity index (χ4n) is 4.52. The molecule has 0 bridgehead atoms. The lowest BCUT2D eigenvalue weighted by Crippen LogP contribution is -2.49. The standard InChI is InChI=1S/C28H30FN3O2/c29-24-5-1-21(2-6-24)17-22-3-7-25(8-4-22)32-15-13-31(14-16-32)19-26(33)20-34-27-9-10-28-23(18-27)11-12-30-28/h1-12,18,26,30,33H,13-17,19-20H2. The molecule has 1 atom stereocenters. The third-order valence-corrected chi connectivity index (χ3v) is 6.43. The van der Waals surface area contributed by atoms with E-state index < -0.39 is 6.10 Å². The van der Waals surface area contributed by atoms with Gasteiger partial charge in [0.2, 0.25) is 0 Å². The molecule has 1 saturated heterocycles. The average molecular weight is 460 g/mol. The van der Waals surface area contributed by atoms with Crippen LogP contribution in [0.15, 0.2) is 79.0 Å². The van der Waals surface area contributed by atoms with Crippen LogP contribution in [0, 0.1) is 5.82 Å². The number of ether oxygens (including phenoxy) is 1. The zero-order chi connectivity index (χ0) is 23.3. The molecule has 1 aromatic heterocycles. The van der Waals surface area contributed by atoms with Crippen molar-refractivity contribution in [2.24, 2.45) is 0 Å². The molecule has 1 fully saturated rings. The molecule has 2 N–H and O–H groups in total. The van der Waals surface area contributed by atoms with Crippen LogP contribution in [0.3, 0.4) is 0 Å². The Balaban J connectivity index is 1.06. The Bertz CT molecular complexity index is 1200. The molecule has 34 heavy (non-hydrogen) atoms. The van der Waals surface area contributed by atoms with Crippen molar-refractivity contribution in [3.63, 3.8) is 0 Å². The molecule has 3 aromatic carbocycles.